The molecule has 2 aliphatic rings. The molecular weight excluding hydrogens is 578 g/mol. The number of fused-ring (bicyclic) bond motifs is 3. The summed E-state index contributed by atoms with van der Waals surface area (Å²) in [6.45, 7) is 2.66. The maximum Gasteiger partial charge on any atom is 0.286 e. The van der Waals surface area contributed by atoms with Crippen LogP contribution in [-0.4, -0.2) is 36.4 Å². The number of carbonyl (C=O) groups is 2. The molecule has 1 aliphatic heterocycles. The zero-order chi connectivity index (χ0) is 32.0. The van der Waals surface area contributed by atoms with Crippen molar-refractivity contribution in [2.45, 2.75) is 44.9 Å². The highest BCUT2D eigenvalue weighted by molar-refractivity contribution is 6.05. The minimum absolute atomic E-state index is 0.0677. The molecule has 0 fully saturated rings. The maximum atomic E-state index is 13.6. The molecule has 6 rings (SSSR count). The summed E-state index contributed by atoms with van der Waals surface area (Å²) in [4.78, 5) is 26.3. The predicted molar refractivity (Wildman–Crippen MR) is 179 cm³/mol. The van der Waals surface area contributed by atoms with Crippen molar-refractivity contribution < 1.29 is 24.2 Å². The molecule has 1 heterocycles. The number of ether oxygens (including phenoxy) is 2. The zero-order valence-electron chi connectivity index (χ0n) is 25.9. The van der Waals surface area contributed by atoms with E-state index in [0.29, 0.717) is 36.4 Å². The van der Waals surface area contributed by atoms with Gasteiger partial charge in [0.25, 0.3) is 11.8 Å². The third-order valence-corrected chi connectivity index (χ3v) is 8.76. The van der Waals surface area contributed by atoms with Gasteiger partial charge < -0.3 is 30.9 Å². The second-order valence-corrected chi connectivity index (χ2v) is 11.7. The molecule has 236 valence electrons. The van der Waals surface area contributed by atoms with E-state index in [1.807, 2.05) is 25.1 Å². The Morgan fingerprint density at radius 2 is 1.70 bits per heavy atom. The number of nitrogen functional groups attached to an aromatic ring is 1. The zero-order valence-corrected chi connectivity index (χ0v) is 25.9. The summed E-state index contributed by atoms with van der Waals surface area (Å²) in [6, 6.07) is 29.0. The third kappa shape index (κ3) is 6.54. The summed E-state index contributed by atoms with van der Waals surface area (Å²) in [7, 11) is 0. The Hall–Kier alpha value is -4.92. The number of nitrogens with one attached hydrogen (secondary N) is 2. The van der Waals surface area contributed by atoms with Gasteiger partial charge in [-0.1, -0.05) is 66.7 Å². The molecule has 8 heteroatoms. The molecule has 0 saturated carbocycles. The lowest BCUT2D eigenvalue weighted by atomic mass is 9.78. The van der Waals surface area contributed by atoms with E-state index in [0.717, 1.165) is 17.5 Å². The Bertz CT molecular complexity index is 1750. The van der Waals surface area contributed by atoms with Gasteiger partial charge in [0.15, 0.2) is 5.76 Å². The molecule has 0 unspecified atom stereocenters. The predicted octanol–water partition coefficient (Wildman–Crippen LogP) is 6.16. The van der Waals surface area contributed by atoms with Crippen LogP contribution in [0.2, 0.25) is 0 Å². The van der Waals surface area contributed by atoms with Crippen molar-refractivity contribution in [3.63, 3.8) is 0 Å². The van der Waals surface area contributed by atoms with E-state index in [-0.39, 0.29) is 42.6 Å². The summed E-state index contributed by atoms with van der Waals surface area (Å²) in [6.07, 6.45) is 3.40. The number of para-hydroxylation sites is 2. The second kappa shape index (κ2) is 14.0. The van der Waals surface area contributed by atoms with Crippen LogP contribution in [0, 0.1) is 5.92 Å². The van der Waals surface area contributed by atoms with Gasteiger partial charge in [-0.05, 0) is 89.9 Å². The van der Waals surface area contributed by atoms with Crippen molar-refractivity contribution in [2.75, 3.05) is 24.3 Å². The molecule has 0 saturated heterocycles. The number of amides is 2. The van der Waals surface area contributed by atoms with Crippen LogP contribution in [0.15, 0.2) is 103 Å². The Labute approximate surface area is 269 Å². The van der Waals surface area contributed by atoms with Crippen molar-refractivity contribution in [2.24, 2.45) is 5.92 Å². The van der Waals surface area contributed by atoms with Crippen LogP contribution in [0.5, 0.6) is 0 Å². The Morgan fingerprint density at radius 1 is 0.935 bits per heavy atom. The van der Waals surface area contributed by atoms with Crippen LogP contribution in [0.1, 0.15) is 58.3 Å². The lowest BCUT2D eigenvalue weighted by molar-refractivity contribution is -0.166. The van der Waals surface area contributed by atoms with Crippen LogP contribution >= 0.6 is 0 Å². The maximum absolute atomic E-state index is 13.6. The minimum atomic E-state index is -0.636. The standard InChI is InChI=1S/C38H39N3O5/c1-2-45-38-30(13-8-20-42)32(29-12-7-11-28-27-10-4-3-9-26(27)21-31(28)29)22-35(46-38)37(44)40-23-24-16-18-25(19-17-24)36(43)41-34-15-6-5-14-33(34)39/h3-7,9-12,14-19,22,30,32,38,42H,2,8,13,20-21,23,39H2,1H3,(H,40,44)(H,41,43)/t30-,32-,38-/m1/s1. The number of nitrogens with two attached hydrogens (primary N) is 1. The average Bonchev–Trinajstić information content (AvgIpc) is 3.47. The number of hydrogen-bond acceptors (Lipinski definition) is 6. The van der Waals surface area contributed by atoms with Gasteiger partial charge in [-0.3, -0.25) is 9.59 Å². The van der Waals surface area contributed by atoms with Gasteiger partial charge in [-0.25, -0.2) is 0 Å². The number of carbonyl (C=O) groups excluding carboxylic acids is 2. The minimum Gasteiger partial charge on any atom is -0.459 e. The fourth-order valence-corrected chi connectivity index (χ4v) is 6.46. The van der Waals surface area contributed by atoms with E-state index in [1.165, 1.54) is 22.3 Å². The van der Waals surface area contributed by atoms with Gasteiger partial charge in [-0.2, -0.15) is 0 Å². The smallest absolute Gasteiger partial charge is 0.286 e. The number of allylic oxidation sites excluding steroid dienone is 1. The summed E-state index contributed by atoms with van der Waals surface area (Å²) >= 11 is 0. The molecule has 3 atom stereocenters. The van der Waals surface area contributed by atoms with E-state index >= 15 is 0 Å². The van der Waals surface area contributed by atoms with Gasteiger partial charge in [0, 0.05) is 37.2 Å². The quantitative estimate of drug-likeness (QED) is 0.132. The summed E-state index contributed by atoms with van der Waals surface area (Å²) in [5, 5.41) is 15.5. The van der Waals surface area contributed by atoms with E-state index < -0.39 is 6.29 Å². The van der Waals surface area contributed by atoms with Gasteiger partial charge >= 0.3 is 0 Å². The van der Waals surface area contributed by atoms with E-state index in [4.69, 9.17) is 15.2 Å². The highest BCUT2D eigenvalue weighted by Gasteiger charge is 2.39. The van der Waals surface area contributed by atoms with Crippen LogP contribution in [0.4, 0.5) is 11.4 Å². The van der Waals surface area contributed by atoms with E-state index in [9.17, 15) is 14.7 Å². The third-order valence-electron chi connectivity index (χ3n) is 8.76. The molecule has 1 aliphatic carbocycles. The van der Waals surface area contributed by atoms with Crippen LogP contribution in [0.3, 0.4) is 0 Å². The average molecular weight is 618 g/mol. The highest BCUT2D eigenvalue weighted by Crippen LogP contribution is 2.46. The Balaban J connectivity index is 1.21. The molecular formula is C38H39N3O5. The first-order valence-corrected chi connectivity index (χ1v) is 15.8. The van der Waals surface area contributed by atoms with Crippen molar-refractivity contribution in [3.05, 3.63) is 131 Å². The molecule has 0 aromatic heterocycles. The Kier molecular flexibility index (Phi) is 9.47. The normalized spacial score (nSPS) is 18.1. The number of aliphatic hydroxyl groups is 1. The summed E-state index contributed by atoms with van der Waals surface area (Å²) < 4.78 is 12.3. The topological polar surface area (TPSA) is 123 Å². The van der Waals surface area contributed by atoms with Gasteiger partial charge in [-0.15, -0.1) is 0 Å². The van der Waals surface area contributed by atoms with Crippen molar-refractivity contribution in [3.8, 4) is 11.1 Å². The molecule has 5 N–H and O–H groups in total. The van der Waals surface area contributed by atoms with Crippen molar-refractivity contribution >= 4 is 23.2 Å². The Morgan fingerprint density at radius 3 is 2.48 bits per heavy atom. The highest BCUT2D eigenvalue weighted by atomic mass is 16.7. The fraction of sp³-hybridized carbons (Fsp3) is 0.263. The molecule has 0 spiro atoms. The summed E-state index contributed by atoms with van der Waals surface area (Å²) in [5.74, 6) is -0.614. The first kappa shape index (κ1) is 31.1. The molecule has 0 bridgehead atoms. The SMILES string of the molecule is CCO[C@@H]1OC(C(=O)NCc2ccc(C(=O)Nc3ccccc3N)cc2)=C[C@H](c2cccc3c2Cc2ccccc2-3)[C@H]1CCCO. The lowest BCUT2D eigenvalue weighted by Crippen LogP contribution is -2.39. The number of aliphatic hydroxyl groups excluding tert-OH is 1. The molecule has 46 heavy (non-hydrogen) atoms. The fourth-order valence-electron chi connectivity index (χ4n) is 6.46. The first-order valence-electron chi connectivity index (χ1n) is 15.8. The monoisotopic (exact) mass is 617 g/mol. The van der Waals surface area contributed by atoms with Gasteiger partial charge in [0.1, 0.15) is 0 Å². The number of anilines is 2. The van der Waals surface area contributed by atoms with Crippen molar-refractivity contribution in [1.82, 2.24) is 5.32 Å². The first-order chi connectivity index (χ1) is 22.5. The molecule has 4 aromatic rings. The number of hydrogen-bond donors (Lipinski definition) is 4. The molecule has 8 nitrogen and oxygen atoms in total. The number of rotatable bonds is 11. The van der Waals surface area contributed by atoms with Gasteiger partial charge in [0.05, 0.1) is 11.4 Å². The summed E-state index contributed by atoms with van der Waals surface area (Å²) in [5.41, 5.74) is 14.5. The van der Waals surface area contributed by atoms with Gasteiger partial charge in [0.2, 0.25) is 6.29 Å². The van der Waals surface area contributed by atoms with E-state index in [1.54, 1.807) is 36.4 Å². The molecule has 2 amide bonds. The van der Waals surface area contributed by atoms with Crippen LogP contribution in [0.25, 0.3) is 11.1 Å². The van der Waals surface area contributed by atoms with Crippen LogP contribution < -0.4 is 16.4 Å². The number of benzene rings is 4. The van der Waals surface area contributed by atoms with E-state index in [2.05, 4.69) is 53.1 Å². The molecule has 4 aromatic carbocycles. The lowest BCUT2D eigenvalue weighted by Gasteiger charge is -2.37. The second-order valence-electron chi connectivity index (χ2n) is 11.7. The molecule has 0 radical (unpaired) electrons. The van der Waals surface area contributed by atoms with Crippen LogP contribution in [-0.2, 0) is 27.2 Å². The largest absolute Gasteiger partial charge is 0.459 e. The van der Waals surface area contributed by atoms with Crippen molar-refractivity contribution in [1.29, 1.82) is 0 Å².